The van der Waals surface area contributed by atoms with Gasteiger partial charge in [0.2, 0.25) is 0 Å². The number of carbonyl (C=O) groups excluding carboxylic acids is 1. The first-order valence-corrected chi connectivity index (χ1v) is 13.2. The summed E-state index contributed by atoms with van der Waals surface area (Å²) < 4.78 is 6.61. The fourth-order valence-electron chi connectivity index (χ4n) is 4.49. The van der Waals surface area contributed by atoms with Crippen molar-refractivity contribution in [1.29, 1.82) is 0 Å². The third-order valence-corrected chi connectivity index (χ3v) is 6.99. The lowest BCUT2D eigenvalue weighted by Gasteiger charge is -2.33. The lowest BCUT2D eigenvalue weighted by atomic mass is 9.95. The first kappa shape index (κ1) is 25.2. The number of rotatable bonds is 8. The van der Waals surface area contributed by atoms with E-state index in [-0.39, 0.29) is 17.3 Å². The minimum atomic E-state index is -0.246. The summed E-state index contributed by atoms with van der Waals surface area (Å²) in [6, 6.07) is 13.0. The van der Waals surface area contributed by atoms with Crippen molar-refractivity contribution in [1.82, 2.24) is 9.97 Å². The van der Waals surface area contributed by atoms with E-state index in [0.717, 1.165) is 44.5 Å². The van der Waals surface area contributed by atoms with Crippen LogP contribution in [0.3, 0.4) is 0 Å². The molecule has 1 fully saturated rings. The van der Waals surface area contributed by atoms with Gasteiger partial charge < -0.3 is 14.6 Å². The highest BCUT2D eigenvalue weighted by molar-refractivity contribution is 9.10. The standard InChI is InChI=1S/C28H32BrN3O3/c1-4-17-35-21-14-13-20(26(33)19-11-7-5-8-12-19)25(32-15-9-6-10-16-32)22(21)27-30-24(18(2)3)23(29)28(34)31-27/h5,7-8,11-14,18H,4,6,9-10,15-17H2,1-3H3,(H,30,31,34). The third kappa shape index (κ3) is 5.35. The maximum absolute atomic E-state index is 13.7. The molecule has 0 radical (unpaired) electrons. The predicted molar refractivity (Wildman–Crippen MR) is 144 cm³/mol. The van der Waals surface area contributed by atoms with Crippen molar-refractivity contribution in [3.63, 3.8) is 0 Å². The third-order valence-electron chi connectivity index (χ3n) is 6.23. The lowest BCUT2D eigenvalue weighted by molar-refractivity contribution is 0.103. The second-order valence-electron chi connectivity index (χ2n) is 9.19. The van der Waals surface area contributed by atoms with Gasteiger partial charge in [-0.2, -0.15) is 0 Å². The molecule has 1 aromatic heterocycles. The summed E-state index contributed by atoms with van der Waals surface area (Å²) in [6.07, 6.45) is 4.08. The normalized spacial score (nSPS) is 13.8. The number of aromatic amines is 1. The van der Waals surface area contributed by atoms with Crippen LogP contribution in [0.25, 0.3) is 11.4 Å². The van der Waals surface area contributed by atoms with Gasteiger partial charge in [0, 0.05) is 24.2 Å². The van der Waals surface area contributed by atoms with Crippen molar-refractivity contribution in [3.05, 3.63) is 74.1 Å². The number of carbonyl (C=O) groups is 1. The zero-order valence-electron chi connectivity index (χ0n) is 20.6. The minimum absolute atomic E-state index is 0.0398. The molecule has 1 saturated heterocycles. The van der Waals surface area contributed by atoms with Crippen LogP contribution in [0, 0.1) is 0 Å². The second kappa shape index (κ2) is 11.2. The summed E-state index contributed by atoms with van der Waals surface area (Å²) in [5, 5.41) is 0. The molecule has 1 aliphatic rings. The summed E-state index contributed by atoms with van der Waals surface area (Å²) in [6.45, 7) is 8.25. The van der Waals surface area contributed by atoms with Gasteiger partial charge in [-0.25, -0.2) is 4.98 Å². The number of nitrogens with zero attached hydrogens (tertiary/aromatic N) is 2. The van der Waals surface area contributed by atoms with Gasteiger partial charge in [-0.05, 0) is 59.7 Å². The molecule has 1 N–H and O–H groups in total. The highest BCUT2D eigenvalue weighted by atomic mass is 79.9. The van der Waals surface area contributed by atoms with E-state index in [9.17, 15) is 9.59 Å². The Morgan fingerprint density at radius 3 is 2.49 bits per heavy atom. The van der Waals surface area contributed by atoms with Crippen molar-refractivity contribution in [2.75, 3.05) is 24.6 Å². The quantitative estimate of drug-likeness (QED) is 0.339. The molecular formula is C28H32BrN3O3. The SMILES string of the molecule is CCCOc1ccc(C(=O)c2ccccc2)c(N2CCCCC2)c1-c1nc(C(C)C)c(Br)c(=O)[nH]1. The lowest BCUT2D eigenvalue weighted by Crippen LogP contribution is -2.32. The summed E-state index contributed by atoms with van der Waals surface area (Å²) in [7, 11) is 0. The molecular weight excluding hydrogens is 506 g/mol. The van der Waals surface area contributed by atoms with Gasteiger partial charge in [-0.15, -0.1) is 0 Å². The number of nitrogens with one attached hydrogen (secondary N) is 1. The van der Waals surface area contributed by atoms with Crippen LogP contribution in [0.15, 0.2) is 51.7 Å². The van der Waals surface area contributed by atoms with E-state index in [4.69, 9.17) is 9.72 Å². The number of H-pyrrole nitrogens is 1. The number of benzene rings is 2. The first-order valence-electron chi connectivity index (χ1n) is 12.4. The van der Waals surface area contributed by atoms with Gasteiger partial charge >= 0.3 is 0 Å². The van der Waals surface area contributed by atoms with E-state index in [1.165, 1.54) is 0 Å². The van der Waals surface area contributed by atoms with Crippen LogP contribution in [-0.4, -0.2) is 35.4 Å². The number of anilines is 1. The van der Waals surface area contributed by atoms with Crippen molar-refractivity contribution in [2.24, 2.45) is 0 Å². The Morgan fingerprint density at radius 1 is 1.11 bits per heavy atom. The van der Waals surface area contributed by atoms with Gasteiger partial charge in [-0.1, -0.05) is 51.1 Å². The number of hydrogen-bond acceptors (Lipinski definition) is 5. The highest BCUT2D eigenvalue weighted by Gasteiger charge is 2.28. The Labute approximate surface area is 214 Å². The van der Waals surface area contributed by atoms with Crippen LogP contribution in [0.5, 0.6) is 5.75 Å². The molecule has 0 bridgehead atoms. The van der Waals surface area contributed by atoms with Gasteiger partial charge in [0.15, 0.2) is 5.78 Å². The molecule has 2 aromatic carbocycles. The first-order chi connectivity index (χ1) is 16.9. The topological polar surface area (TPSA) is 75.3 Å². The minimum Gasteiger partial charge on any atom is -0.493 e. The summed E-state index contributed by atoms with van der Waals surface area (Å²) in [5.41, 5.74) is 3.10. The average Bonchev–Trinajstić information content (AvgIpc) is 2.88. The monoisotopic (exact) mass is 537 g/mol. The smallest absolute Gasteiger partial charge is 0.265 e. The van der Waals surface area contributed by atoms with E-state index >= 15 is 0 Å². The van der Waals surface area contributed by atoms with Gasteiger partial charge in [-0.3, -0.25) is 9.59 Å². The molecule has 35 heavy (non-hydrogen) atoms. The van der Waals surface area contributed by atoms with Crippen LogP contribution in [0.2, 0.25) is 0 Å². The Balaban J connectivity index is 2.02. The zero-order valence-corrected chi connectivity index (χ0v) is 22.2. The molecule has 0 spiro atoms. The Bertz CT molecular complexity index is 1250. The molecule has 7 heteroatoms. The zero-order chi connectivity index (χ0) is 24.9. The van der Waals surface area contributed by atoms with E-state index in [1.807, 2.05) is 56.3 Å². The molecule has 3 aromatic rings. The van der Waals surface area contributed by atoms with Gasteiger partial charge in [0.05, 0.1) is 23.6 Å². The van der Waals surface area contributed by atoms with E-state index < -0.39 is 0 Å². The number of ketones is 1. The highest BCUT2D eigenvalue weighted by Crippen LogP contribution is 2.42. The molecule has 0 saturated carbocycles. The predicted octanol–water partition coefficient (Wildman–Crippen LogP) is 6.33. The molecule has 0 atom stereocenters. The molecule has 0 aliphatic carbocycles. The Morgan fingerprint density at radius 2 is 1.83 bits per heavy atom. The number of hydrogen-bond donors (Lipinski definition) is 1. The Hall–Kier alpha value is -2.93. The summed E-state index contributed by atoms with van der Waals surface area (Å²) >= 11 is 3.41. The van der Waals surface area contributed by atoms with Crippen LogP contribution in [0.1, 0.15) is 74.0 Å². The molecule has 4 rings (SSSR count). The fraction of sp³-hybridized carbons (Fsp3) is 0.393. The van der Waals surface area contributed by atoms with E-state index in [0.29, 0.717) is 45.0 Å². The number of piperidine rings is 1. The fourth-order valence-corrected chi connectivity index (χ4v) is 5.13. The number of halogens is 1. The maximum Gasteiger partial charge on any atom is 0.265 e. The molecule has 0 amide bonds. The maximum atomic E-state index is 13.7. The molecule has 6 nitrogen and oxygen atoms in total. The van der Waals surface area contributed by atoms with Crippen molar-refractivity contribution in [2.45, 2.75) is 52.4 Å². The molecule has 2 heterocycles. The summed E-state index contributed by atoms with van der Waals surface area (Å²) in [4.78, 5) is 36.8. The van der Waals surface area contributed by atoms with E-state index in [2.05, 4.69) is 32.7 Å². The van der Waals surface area contributed by atoms with Crippen LogP contribution >= 0.6 is 15.9 Å². The van der Waals surface area contributed by atoms with Crippen LogP contribution < -0.4 is 15.2 Å². The van der Waals surface area contributed by atoms with Gasteiger partial charge in [0.1, 0.15) is 16.0 Å². The molecule has 184 valence electrons. The van der Waals surface area contributed by atoms with Crippen molar-refractivity contribution < 1.29 is 9.53 Å². The van der Waals surface area contributed by atoms with Crippen LogP contribution in [0.4, 0.5) is 5.69 Å². The Kier molecular flexibility index (Phi) is 8.06. The average molecular weight is 538 g/mol. The molecule has 0 unspecified atom stereocenters. The number of ether oxygens (including phenoxy) is 1. The van der Waals surface area contributed by atoms with Crippen molar-refractivity contribution >= 4 is 27.4 Å². The van der Waals surface area contributed by atoms with Crippen molar-refractivity contribution in [3.8, 4) is 17.1 Å². The number of aromatic nitrogens is 2. The largest absolute Gasteiger partial charge is 0.493 e. The summed E-state index contributed by atoms with van der Waals surface area (Å²) in [5.74, 6) is 1.03. The second-order valence-corrected chi connectivity index (χ2v) is 9.99. The molecule has 1 aliphatic heterocycles. The van der Waals surface area contributed by atoms with Crippen LogP contribution in [-0.2, 0) is 0 Å². The van der Waals surface area contributed by atoms with Gasteiger partial charge in [0.25, 0.3) is 5.56 Å². The van der Waals surface area contributed by atoms with E-state index in [1.54, 1.807) is 0 Å².